The number of benzene rings is 1. The Labute approximate surface area is 116 Å². The highest BCUT2D eigenvalue weighted by Crippen LogP contribution is 2.16. The lowest BCUT2D eigenvalue weighted by Gasteiger charge is -2.04. The Morgan fingerprint density at radius 1 is 1.32 bits per heavy atom. The highest BCUT2D eigenvalue weighted by atomic mass is 32.1. The Hall–Kier alpha value is -1.72. The predicted octanol–water partition coefficient (Wildman–Crippen LogP) is 2.15. The first-order chi connectivity index (χ1) is 9.10. The quantitative estimate of drug-likeness (QED) is 0.898. The van der Waals surface area contributed by atoms with Crippen molar-refractivity contribution in [2.24, 2.45) is 5.73 Å². The van der Waals surface area contributed by atoms with Crippen molar-refractivity contribution in [1.82, 2.24) is 10.3 Å². The van der Waals surface area contributed by atoms with E-state index in [1.807, 2.05) is 26.0 Å². The average molecular weight is 275 g/mol. The van der Waals surface area contributed by atoms with Crippen LogP contribution in [0.5, 0.6) is 0 Å². The fourth-order valence-corrected chi connectivity index (χ4v) is 2.54. The molecule has 0 unspecified atom stereocenters. The number of hydrogen-bond donors (Lipinski definition) is 2. The lowest BCUT2D eigenvalue weighted by Crippen LogP contribution is -2.22. The van der Waals surface area contributed by atoms with Crippen molar-refractivity contribution < 1.29 is 4.79 Å². The van der Waals surface area contributed by atoms with Crippen LogP contribution < -0.4 is 11.1 Å². The first-order valence-electron chi connectivity index (χ1n) is 6.10. The molecular formula is C14H17N3OS. The molecule has 1 aromatic heterocycles. The van der Waals surface area contributed by atoms with E-state index in [2.05, 4.69) is 10.3 Å². The summed E-state index contributed by atoms with van der Waals surface area (Å²) in [6, 6.07) is 7.31. The molecule has 0 bridgehead atoms. The van der Waals surface area contributed by atoms with Gasteiger partial charge in [-0.25, -0.2) is 4.98 Å². The minimum absolute atomic E-state index is 0.0888. The van der Waals surface area contributed by atoms with E-state index in [0.717, 1.165) is 16.3 Å². The summed E-state index contributed by atoms with van der Waals surface area (Å²) < 4.78 is 0. The topological polar surface area (TPSA) is 68.0 Å². The summed E-state index contributed by atoms with van der Waals surface area (Å²) in [5, 5.41) is 3.80. The predicted molar refractivity (Wildman–Crippen MR) is 77.1 cm³/mol. The van der Waals surface area contributed by atoms with E-state index < -0.39 is 0 Å². The largest absolute Gasteiger partial charge is 0.346 e. The van der Waals surface area contributed by atoms with Gasteiger partial charge < -0.3 is 11.1 Å². The number of rotatable bonds is 4. The van der Waals surface area contributed by atoms with Crippen LogP contribution >= 0.6 is 11.3 Å². The van der Waals surface area contributed by atoms with E-state index in [4.69, 9.17) is 5.73 Å². The molecule has 0 saturated heterocycles. The third kappa shape index (κ3) is 3.39. The Morgan fingerprint density at radius 2 is 2.00 bits per heavy atom. The van der Waals surface area contributed by atoms with E-state index >= 15 is 0 Å². The first kappa shape index (κ1) is 13.7. The fraction of sp³-hybridized carbons (Fsp3) is 0.286. The highest BCUT2D eigenvalue weighted by Gasteiger charge is 2.07. The van der Waals surface area contributed by atoms with Crippen molar-refractivity contribution in [3.63, 3.8) is 0 Å². The summed E-state index contributed by atoms with van der Waals surface area (Å²) in [4.78, 5) is 17.5. The van der Waals surface area contributed by atoms with Crippen molar-refractivity contribution in [2.45, 2.75) is 26.9 Å². The van der Waals surface area contributed by atoms with E-state index in [1.54, 1.807) is 23.5 Å². The molecule has 0 aliphatic heterocycles. The van der Waals surface area contributed by atoms with Gasteiger partial charge in [0, 0.05) is 17.0 Å². The number of amides is 1. The number of hydrogen-bond acceptors (Lipinski definition) is 4. The molecule has 2 rings (SSSR count). The molecule has 0 radical (unpaired) electrons. The van der Waals surface area contributed by atoms with E-state index in [1.165, 1.54) is 4.88 Å². The zero-order valence-electron chi connectivity index (χ0n) is 11.1. The molecular weight excluding hydrogens is 258 g/mol. The second-order valence-electron chi connectivity index (χ2n) is 4.33. The van der Waals surface area contributed by atoms with Gasteiger partial charge >= 0.3 is 0 Å². The van der Waals surface area contributed by atoms with Gasteiger partial charge in [0.15, 0.2) is 0 Å². The van der Waals surface area contributed by atoms with Gasteiger partial charge in [-0.1, -0.05) is 12.1 Å². The van der Waals surface area contributed by atoms with Crippen LogP contribution in [0, 0.1) is 13.8 Å². The third-order valence-electron chi connectivity index (χ3n) is 2.92. The van der Waals surface area contributed by atoms with Gasteiger partial charge in [-0.05, 0) is 31.5 Å². The number of carbonyl (C=O) groups excluding carboxylic acids is 1. The molecule has 1 amide bonds. The van der Waals surface area contributed by atoms with Crippen molar-refractivity contribution in [2.75, 3.05) is 0 Å². The summed E-state index contributed by atoms with van der Waals surface area (Å²) in [7, 11) is 0. The summed E-state index contributed by atoms with van der Waals surface area (Å²) in [5.41, 5.74) is 8.21. The number of aryl methyl sites for hydroxylation is 2. The summed E-state index contributed by atoms with van der Waals surface area (Å²) in [6.45, 7) is 4.96. The van der Waals surface area contributed by atoms with Crippen LogP contribution in [-0.2, 0) is 13.1 Å². The van der Waals surface area contributed by atoms with Gasteiger partial charge in [0.05, 0.1) is 12.2 Å². The molecule has 0 atom stereocenters. The van der Waals surface area contributed by atoms with Crippen molar-refractivity contribution in [1.29, 1.82) is 0 Å². The van der Waals surface area contributed by atoms with Crippen LogP contribution in [0.3, 0.4) is 0 Å². The molecule has 3 N–H and O–H groups in total. The lowest BCUT2D eigenvalue weighted by atomic mass is 10.1. The molecule has 2 aromatic rings. The summed E-state index contributed by atoms with van der Waals surface area (Å²) in [5.74, 6) is -0.0888. The van der Waals surface area contributed by atoms with Gasteiger partial charge in [0.1, 0.15) is 5.01 Å². The van der Waals surface area contributed by atoms with Gasteiger partial charge in [-0.2, -0.15) is 0 Å². The van der Waals surface area contributed by atoms with Gasteiger partial charge in [0.25, 0.3) is 5.91 Å². The van der Waals surface area contributed by atoms with Gasteiger partial charge in [0.2, 0.25) is 0 Å². The molecule has 1 heterocycles. The minimum atomic E-state index is -0.0888. The van der Waals surface area contributed by atoms with Crippen LogP contribution in [0.25, 0.3) is 0 Å². The van der Waals surface area contributed by atoms with Crippen LogP contribution in [0.1, 0.15) is 31.5 Å². The molecule has 0 saturated carbocycles. The Bertz CT molecular complexity index is 555. The number of thiazole rings is 1. The number of nitrogens with one attached hydrogen (secondary N) is 1. The van der Waals surface area contributed by atoms with Gasteiger partial charge in [-0.3, -0.25) is 4.79 Å². The Kier molecular flexibility index (Phi) is 4.29. The Morgan fingerprint density at radius 3 is 2.53 bits per heavy atom. The smallest absolute Gasteiger partial charge is 0.251 e. The van der Waals surface area contributed by atoms with Crippen LogP contribution in [0.4, 0.5) is 0 Å². The number of aromatic nitrogens is 1. The van der Waals surface area contributed by atoms with Crippen LogP contribution in [0.15, 0.2) is 24.3 Å². The summed E-state index contributed by atoms with van der Waals surface area (Å²) >= 11 is 1.62. The van der Waals surface area contributed by atoms with Crippen LogP contribution in [0.2, 0.25) is 0 Å². The minimum Gasteiger partial charge on any atom is -0.346 e. The third-order valence-corrected chi connectivity index (χ3v) is 4.00. The maximum Gasteiger partial charge on any atom is 0.251 e. The molecule has 4 nitrogen and oxygen atoms in total. The highest BCUT2D eigenvalue weighted by molar-refractivity contribution is 7.11. The maximum absolute atomic E-state index is 11.9. The van der Waals surface area contributed by atoms with E-state index in [-0.39, 0.29) is 5.91 Å². The van der Waals surface area contributed by atoms with Crippen LogP contribution in [-0.4, -0.2) is 10.9 Å². The number of nitrogens with zero attached hydrogens (tertiary/aromatic N) is 1. The lowest BCUT2D eigenvalue weighted by molar-refractivity contribution is 0.0951. The number of carbonyl (C=O) groups is 1. The molecule has 5 heteroatoms. The van der Waals surface area contributed by atoms with Crippen molar-refractivity contribution in [3.05, 3.63) is 51.0 Å². The molecule has 19 heavy (non-hydrogen) atoms. The molecule has 100 valence electrons. The molecule has 0 fully saturated rings. The average Bonchev–Trinajstić information content (AvgIpc) is 2.75. The normalized spacial score (nSPS) is 10.5. The standard InChI is InChI=1S/C14H17N3OS/c1-9-10(2)19-13(17-9)8-16-14(18)12-5-3-11(7-15)4-6-12/h3-6H,7-8,15H2,1-2H3,(H,16,18). The molecule has 1 aromatic carbocycles. The van der Waals surface area contributed by atoms with E-state index in [9.17, 15) is 4.79 Å². The second-order valence-corrected chi connectivity index (χ2v) is 5.62. The number of nitrogens with two attached hydrogens (primary N) is 1. The Balaban J connectivity index is 1.96. The maximum atomic E-state index is 11.9. The first-order valence-corrected chi connectivity index (χ1v) is 6.92. The molecule has 0 spiro atoms. The second kappa shape index (κ2) is 5.95. The summed E-state index contributed by atoms with van der Waals surface area (Å²) in [6.07, 6.45) is 0. The van der Waals surface area contributed by atoms with Gasteiger partial charge in [-0.15, -0.1) is 11.3 Å². The van der Waals surface area contributed by atoms with Crippen molar-refractivity contribution in [3.8, 4) is 0 Å². The van der Waals surface area contributed by atoms with Crippen molar-refractivity contribution >= 4 is 17.2 Å². The zero-order chi connectivity index (χ0) is 13.8. The molecule has 0 aliphatic rings. The zero-order valence-corrected chi connectivity index (χ0v) is 11.9. The van der Waals surface area contributed by atoms with E-state index in [0.29, 0.717) is 18.7 Å². The molecule has 0 aliphatic carbocycles. The monoisotopic (exact) mass is 275 g/mol. The fourth-order valence-electron chi connectivity index (χ4n) is 1.66. The SMILES string of the molecule is Cc1nc(CNC(=O)c2ccc(CN)cc2)sc1C.